The minimum absolute atomic E-state index is 0.188. The van der Waals surface area contributed by atoms with Crippen LogP contribution >= 0.6 is 11.3 Å². The van der Waals surface area contributed by atoms with Gasteiger partial charge in [0.15, 0.2) is 6.29 Å². The van der Waals surface area contributed by atoms with Crippen molar-refractivity contribution in [3.8, 4) is 0 Å². The molecule has 0 fully saturated rings. The predicted octanol–water partition coefficient (Wildman–Crippen LogP) is 1.61. The van der Waals surface area contributed by atoms with E-state index < -0.39 is 0 Å². The Morgan fingerprint density at radius 1 is 1.57 bits per heavy atom. The molecule has 0 radical (unpaired) electrons. The molecule has 0 atom stereocenters. The summed E-state index contributed by atoms with van der Waals surface area (Å²) in [7, 11) is 0. The van der Waals surface area contributed by atoms with Gasteiger partial charge in [-0.05, 0) is 36.3 Å². The second kappa shape index (κ2) is 7.41. The summed E-state index contributed by atoms with van der Waals surface area (Å²) in [6.07, 6.45) is 2.43. The summed E-state index contributed by atoms with van der Waals surface area (Å²) in [4.78, 5) is 19.4. The van der Waals surface area contributed by atoms with Crippen molar-refractivity contribution in [1.29, 1.82) is 0 Å². The minimum atomic E-state index is 0.188. The number of aliphatic hydroxyl groups excluding tert-OH is 1. The molecule has 0 bridgehead atoms. The van der Waals surface area contributed by atoms with Gasteiger partial charge in [-0.2, -0.15) is 0 Å². The number of rotatable bonds is 4. The van der Waals surface area contributed by atoms with Gasteiger partial charge >= 0.3 is 0 Å². The van der Waals surface area contributed by atoms with Crippen molar-refractivity contribution in [3.05, 3.63) is 21.4 Å². The van der Waals surface area contributed by atoms with Gasteiger partial charge in [0.05, 0.1) is 4.88 Å². The van der Waals surface area contributed by atoms with E-state index in [1.54, 1.807) is 0 Å². The van der Waals surface area contributed by atoms with Crippen LogP contribution in [0, 0.1) is 6.92 Å². The highest BCUT2D eigenvalue weighted by atomic mass is 32.1. The van der Waals surface area contributed by atoms with Gasteiger partial charge < -0.3 is 9.90 Å². The molecule has 4 heteroatoms. The van der Waals surface area contributed by atoms with E-state index >= 15 is 0 Å². The third-order valence-electron chi connectivity index (χ3n) is 1.83. The number of aldehydes is 1. The Bertz CT molecular complexity index is 281. The Balaban J connectivity index is 0.000000791. The smallest absolute Gasteiger partial charge is 0.160 e. The predicted molar refractivity (Wildman–Crippen MR) is 57.0 cm³/mol. The monoisotopic (exact) mass is 214 g/mol. The van der Waals surface area contributed by atoms with Crippen LogP contribution in [0.25, 0.3) is 0 Å². The molecule has 0 amide bonds. The van der Waals surface area contributed by atoms with E-state index in [1.165, 1.54) is 11.3 Å². The summed E-state index contributed by atoms with van der Waals surface area (Å²) in [5, 5.41) is 10.6. The van der Waals surface area contributed by atoms with Crippen LogP contribution in [0.4, 0.5) is 0 Å². The summed E-state index contributed by atoms with van der Waals surface area (Å²) in [5.41, 5.74) is 2.26. The average Bonchev–Trinajstić information content (AvgIpc) is 2.59. The third-order valence-corrected chi connectivity index (χ3v) is 2.90. The molecule has 0 saturated heterocycles. The van der Waals surface area contributed by atoms with Crippen LogP contribution in [0.15, 0.2) is 5.38 Å². The van der Waals surface area contributed by atoms with Crippen LogP contribution in [0.1, 0.15) is 27.2 Å². The van der Waals surface area contributed by atoms with Crippen molar-refractivity contribution in [2.45, 2.75) is 19.8 Å². The first-order valence-electron chi connectivity index (χ1n) is 4.21. The minimum Gasteiger partial charge on any atom is -0.396 e. The fourth-order valence-corrected chi connectivity index (χ4v) is 2.07. The first kappa shape index (κ1) is 13.0. The molecule has 0 saturated carbocycles. The highest BCUT2D eigenvalue weighted by molar-refractivity contribution is 7.12. The third kappa shape index (κ3) is 3.40. The molecule has 78 valence electrons. The average molecular weight is 214 g/mol. The Morgan fingerprint density at radius 2 is 2.21 bits per heavy atom. The molecule has 1 N–H and O–H groups in total. The van der Waals surface area contributed by atoms with Gasteiger partial charge in [-0.25, -0.2) is 0 Å². The van der Waals surface area contributed by atoms with Gasteiger partial charge in [-0.15, -0.1) is 11.3 Å². The molecule has 1 heterocycles. The lowest BCUT2D eigenvalue weighted by Crippen LogP contribution is -1.92. The summed E-state index contributed by atoms with van der Waals surface area (Å²) in [6, 6.07) is 0. The Labute approximate surface area is 87.4 Å². The topological polar surface area (TPSA) is 54.4 Å². The van der Waals surface area contributed by atoms with Crippen molar-refractivity contribution in [2.75, 3.05) is 6.61 Å². The van der Waals surface area contributed by atoms with E-state index in [0.29, 0.717) is 0 Å². The molecule has 14 heavy (non-hydrogen) atoms. The fourth-order valence-electron chi connectivity index (χ4n) is 1.16. The number of hydrogen-bond donors (Lipinski definition) is 1. The molecular formula is C10H14O3S. The van der Waals surface area contributed by atoms with Gasteiger partial charge in [0.1, 0.15) is 6.79 Å². The van der Waals surface area contributed by atoms with Gasteiger partial charge in [0, 0.05) is 6.61 Å². The number of aryl methyl sites for hydroxylation is 1. The van der Waals surface area contributed by atoms with Gasteiger partial charge in [-0.1, -0.05) is 0 Å². The second-order valence-electron chi connectivity index (χ2n) is 2.71. The van der Waals surface area contributed by atoms with Crippen molar-refractivity contribution in [3.63, 3.8) is 0 Å². The van der Waals surface area contributed by atoms with Crippen LogP contribution in [0.5, 0.6) is 0 Å². The maximum Gasteiger partial charge on any atom is 0.160 e. The number of carbonyl (C=O) groups excluding carboxylic acids is 2. The molecule has 0 aliphatic rings. The lowest BCUT2D eigenvalue weighted by Gasteiger charge is -1.98. The van der Waals surface area contributed by atoms with E-state index in [9.17, 15) is 4.79 Å². The van der Waals surface area contributed by atoms with E-state index in [0.717, 1.165) is 35.1 Å². The van der Waals surface area contributed by atoms with Crippen LogP contribution < -0.4 is 0 Å². The van der Waals surface area contributed by atoms with E-state index in [-0.39, 0.29) is 6.61 Å². The largest absolute Gasteiger partial charge is 0.396 e. The van der Waals surface area contributed by atoms with Gasteiger partial charge in [0.25, 0.3) is 0 Å². The number of carbonyl (C=O) groups is 2. The molecule has 0 aliphatic heterocycles. The normalized spacial score (nSPS) is 9.00. The van der Waals surface area contributed by atoms with Crippen LogP contribution in [-0.2, 0) is 11.2 Å². The highest BCUT2D eigenvalue weighted by Gasteiger charge is 2.06. The summed E-state index contributed by atoms with van der Waals surface area (Å²) < 4.78 is 0. The van der Waals surface area contributed by atoms with Crippen LogP contribution in [0.2, 0.25) is 0 Å². The Hall–Kier alpha value is -1.00. The Morgan fingerprint density at radius 3 is 2.71 bits per heavy atom. The molecule has 1 rings (SSSR count). The summed E-state index contributed by atoms with van der Waals surface area (Å²) in [6.45, 7) is 4.18. The molecule has 0 aromatic carbocycles. The zero-order chi connectivity index (χ0) is 11.0. The zero-order valence-electron chi connectivity index (χ0n) is 8.16. The molecular weight excluding hydrogens is 200 g/mol. The molecule has 3 nitrogen and oxygen atoms in total. The van der Waals surface area contributed by atoms with Gasteiger partial charge in [-0.3, -0.25) is 4.79 Å². The lowest BCUT2D eigenvalue weighted by molar-refractivity contribution is -0.0979. The fraction of sp³-hybridized carbons (Fsp3) is 0.400. The lowest BCUT2D eigenvalue weighted by atomic mass is 10.1. The van der Waals surface area contributed by atoms with E-state index in [2.05, 4.69) is 0 Å². The zero-order valence-corrected chi connectivity index (χ0v) is 8.97. The van der Waals surface area contributed by atoms with Crippen molar-refractivity contribution in [2.24, 2.45) is 0 Å². The summed E-state index contributed by atoms with van der Waals surface area (Å²) in [5.74, 6) is 0. The van der Waals surface area contributed by atoms with Crippen LogP contribution in [0.3, 0.4) is 0 Å². The van der Waals surface area contributed by atoms with Crippen molar-refractivity contribution >= 4 is 24.4 Å². The molecule has 1 aromatic heterocycles. The first-order chi connectivity index (χ1) is 6.79. The number of hydrogen-bond acceptors (Lipinski definition) is 4. The van der Waals surface area contributed by atoms with E-state index in [1.807, 2.05) is 19.1 Å². The second-order valence-corrected chi connectivity index (χ2v) is 3.62. The van der Waals surface area contributed by atoms with Gasteiger partial charge in [0.2, 0.25) is 0 Å². The molecule has 0 spiro atoms. The highest BCUT2D eigenvalue weighted by Crippen LogP contribution is 2.21. The molecule has 1 aromatic rings. The maximum atomic E-state index is 10.6. The standard InChI is InChI=1S/C9H12O2S.CH2O/c1-7-6-12-9(5-11)8(7)3-2-4-10;1-2/h5-6,10H,2-4H2,1H3;1H2. The summed E-state index contributed by atoms with van der Waals surface area (Å²) >= 11 is 1.48. The molecule has 0 unspecified atom stereocenters. The van der Waals surface area contributed by atoms with E-state index in [4.69, 9.17) is 9.90 Å². The number of thiophene rings is 1. The molecule has 0 aliphatic carbocycles. The Kier molecular flexibility index (Phi) is 6.88. The number of aliphatic hydroxyl groups is 1. The van der Waals surface area contributed by atoms with Crippen LogP contribution in [-0.4, -0.2) is 24.8 Å². The van der Waals surface area contributed by atoms with Crippen molar-refractivity contribution < 1.29 is 14.7 Å². The first-order valence-corrected chi connectivity index (χ1v) is 5.09. The quantitative estimate of drug-likeness (QED) is 0.775. The SMILES string of the molecule is C=O.Cc1csc(C=O)c1CCCO. The maximum absolute atomic E-state index is 10.6. The van der Waals surface area contributed by atoms with Crippen molar-refractivity contribution in [1.82, 2.24) is 0 Å².